The number of hydrogen-bond acceptors (Lipinski definition) is 3. The molecule has 0 saturated heterocycles. The highest BCUT2D eigenvalue weighted by atomic mass is 16.3. The molecule has 2 N–H and O–H groups in total. The van der Waals surface area contributed by atoms with Gasteiger partial charge in [0.15, 0.2) is 0 Å². The first-order valence-corrected chi connectivity index (χ1v) is 11.2. The molecule has 0 aromatic rings. The minimum Gasteiger partial charge on any atom is -0.374 e. The van der Waals surface area contributed by atoms with Crippen LogP contribution < -0.4 is 5.32 Å². The van der Waals surface area contributed by atoms with Gasteiger partial charge in [0.05, 0.1) is 0 Å². The lowest BCUT2D eigenvalue weighted by Crippen LogP contribution is -2.40. The van der Waals surface area contributed by atoms with Crippen molar-refractivity contribution < 1.29 is 5.11 Å². The fourth-order valence-electron chi connectivity index (χ4n) is 3.76. The molecule has 1 rings (SSSR count). The largest absolute Gasteiger partial charge is 0.374 e. The van der Waals surface area contributed by atoms with Crippen LogP contribution in [-0.4, -0.2) is 22.4 Å². The lowest BCUT2D eigenvalue weighted by atomic mass is 10.0. The maximum atomic E-state index is 9.69. The predicted octanol–water partition coefficient (Wildman–Crippen LogP) is 6.45. The van der Waals surface area contributed by atoms with Crippen LogP contribution in [0.5, 0.6) is 0 Å². The summed E-state index contributed by atoms with van der Waals surface area (Å²) >= 11 is 0. The number of rotatable bonds is 17. The summed E-state index contributed by atoms with van der Waals surface area (Å²) in [4.78, 5) is 2.00. The molecule has 0 bridgehead atoms. The summed E-state index contributed by atoms with van der Waals surface area (Å²) in [7, 11) is 0. The molecule has 0 aromatic heterocycles. The number of nitrogens with one attached hydrogen (secondary N) is 1. The summed E-state index contributed by atoms with van der Waals surface area (Å²) in [6.45, 7) is 3.94. The van der Waals surface area contributed by atoms with Gasteiger partial charge in [-0.25, -0.2) is 0 Å². The fraction of sp³-hybridized carbons (Fsp3) is 0.826. The van der Waals surface area contributed by atoms with E-state index in [2.05, 4.69) is 24.4 Å². The van der Waals surface area contributed by atoms with Crippen LogP contribution in [0.4, 0.5) is 0 Å². The molecule has 3 nitrogen and oxygen atoms in total. The topological polar surface area (TPSA) is 35.5 Å². The van der Waals surface area contributed by atoms with Gasteiger partial charge in [-0.15, -0.1) is 0 Å². The quantitative estimate of drug-likeness (QED) is 0.230. The number of hydrogen-bond donors (Lipinski definition) is 2. The Morgan fingerprint density at radius 2 is 1.38 bits per heavy atom. The Balaban J connectivity index is 1.76. The predicted molar refractivity (Wildman–Crippen MR) is 114 cm³/mol. The van der Waals surface area contributed by atoms with Gasteiger partial charge in [-0.1, -0.05) is 82.8 Å². The summed E-state index contributed by atoms with van der Waals surface area (Å²) in [6, 6.07) is 0. The van der Waals surface area contributed by atoms with Crippen molar-refractivity contribution in [3.8, 4) is 0 Å². The van der Waals surface area contributed by atoms with Crippen LogP contribution in [0.3, 0.4) is 0 Å². The maximum Gasteiger partial charge on any atom is 0.125 e. The molecule has 0 amide bonds. The Kier molecular flexibility index (Phi) is 14.4. The first-order chi connectivity index (χ1) is 12.8. The molecule has 1 heterocycles. The van der Waals surface area contributed by atoms with Gasteiger partial charge >= 0.3 is 0 Å². The number of aliphatic hydroxyl groups is 1. The van der Waals surface area contributed by atoms with Crippen LogP contribution in [0.1, 0.15) is 110 Å². The molecule has 0 aliphatic carbocycles. The lowest BCUT2D eigenvalue weighted by Gasteiger charge is -2.28. The van der Waals surface area contributed by atoms with Crippen molar-refractivity contribution in [1.29, 1.82) is 0 Å². The minimum absolute atomic E-state index is 0.290. The number of nitrogens with zero attached hydrogens (tertiary/aromatic N) is 1. The zero-order valence-electron chi connectivity index (χ0n) is 17.5. The third-order valence-electron chi connectivity index (χ3n) is 5.41. The average molecular weight is 365 g/mol. The van der Waals surface area contributed by atoms with Crippen LogP contribution in [0.15, 0.2) is 24.6 Å². The van der Waals surface area contributed by atoms with Crippen LogP contribution in [-0.2, 0) is 0 Å². The van der Waals surface area contributed by atoms with Gasteiger partial charge in [-0.3, -0.25) is 0 Å². The maximum absolute atomic E-state index is 9.69. The first-order valence-electron chi connectivity index (χ1n) is 11.2. The number of unbranched alkanes of at least 4 members (excludes halogenated alkanes) is 13. The van der Waals surface area contributed by atoms with E-state index >= 15 is 0 Å². The van der Waals surface area contributed by atoms with Gasteiger partial charge in [0.25, 0.3) is 0 Å². The van der Waals surface area contributed by atoms with E-state index in [0.29, 0.717) is 0 Å². The SMILES string of the molecule is C/C=C/CCCCCCCCCCCCCCCC1NC=CN1C(C)O. The molecule has 152 valence electrons. The molecular weight excluding hydrogens is 320 g/mol. The Morgan fingerprint density at radius 3 is 1.88 bits per heavy atom. The van der Waals surface area contributed by atoms with Crippen LogP contribution in [0.25, 0.3) is 0 Å². The molecule has 0 fully saturated rings. The molecular formula is C23H44N2O. The highest BCUT2D eigenvalue weighted by molar-refractivity contribution is 4.94. The van der Waals surface area contributed by atoms with E-state index in [1.54, 1.807) is 0 Å². The molecule has 0 radical (unpaired) electrons. The molecule has 0 saturated carbocycles. The molecule has 2 atom stereocenters. The molecule has 3 heteroatoms. The van der Waals surface area contributed by atoms with E-state index in [4.69, 9.17) is 0 Å². The summed E-state index contributed by atoms with van der Waals surface area (Å²) in [5.41, 5.74) is 0. The Morgan fingerprint density at radius 1 is 0.885 bits per heavy atom. The van der Waals surface area contributed by atoms with E-state index in [9.17, 15) is 5.11 Å². The fourth-order valence-corrected chi connectivity index (χ4v) is 3.76. The van der Waals surface area contributed by atoms with E-state index in [1.165, 1.54) is 89.9 Å². The van der Waals surface area contributed by atoms with Crippen molar-refractivity contribution in [3.63, 3.8) is 0 Å². The monoisotopic (exact) mass is 364 g/mol. The summed E-state index contributed by atoms with van der Waals surface area (Å²) in [5, 5.41) is 13.0. The second kappa shape index (κ2) is 16.2. The van der Waals surface area contributed by atoms with Gasteiger partial charge in [0.2, 0.25) is 0 Å². The third kappa shape index (κ3) is 11.6. The van der Waals surface area contributed by atoms with E-state index in [1.807, 2.05) is 24.2 Å². The van der Waals surface area contributed by atoms with Crippen molar-refractivity contribution >= 4 is 0 Å². The molecule has 2 unspecified atom stereocenters. The van der Waals surface area contributed by atoms with Gasteiger partial charge in [0.1, 0.15) is 12.4 Å². The van der Waals surface area contributed by atoms with Crippen molar-refractivity contribution in [2.75, 3.05) is 0 Å². The second-order valence-corrected chi connectivity index (χ2v) is 7.82. The summed E-state index contributed by atoms with van der Waals surface area (Å²) < 4.78 is 0. The normalized spacial score (nSPS) is 18.0. The highest BCUT2D eigenvalue weighted by Gasteiger charge is 2.20. The van der Waals surface area contributed by atoms with Crippen molar-refractivity contribution in [2.45, 2.75) is 123 Å². The summed E-state index contributed by atoms with van der Waals surface area (Å²) in [6.07, 6.45) is 28.7. The van der Waals surface area contributed by atoms with Gasteiger partial charge in [0, 0.05) is 12.4 Å². The summed E-state index contributed by atoms with van der Waals surface area (Å²) in [5.74, 6) is 0. The smallest absolute Gasteiger partial charge is 0.125 e. The molecule has 0 spiro atoms. The Labute approximate surface area is 162 Å². The minimum atomic E-state index is -0.399. The van der Waals surface area contributed by atoms with E-state index in [0.717, 1.165) is 6.42 Å². The third-order valence-corrected chi connectivity index (χ3v) is 5.41. The molecule has 1 aliphatic rings. The molecule has 1 aliphatic heterocycles. The van der Waals surface area contributed by atoms with Crippen molar-refractivity contribution in [1.82, 2.24) is 10.2 Å². The van der Waals surface area contributed by atoms with Gasteiger partial charge in [-0.2, -0.15) is 0 Å². The van der Waals surface area contributed by atoms with Crippen LogP contribution >= 0.6 is 0 Å². The van der Waals surface area contributed by atoms with Crippen molar-refractivity contribution in [2.24, 2.45) is 0 Å². The molecule has 0 aromatic carbocycles. The lowest BCUT2D eigenvalue weighted by molar-refractivity contribution is 0.0254. The van der Waals surface area contributed by atoms with E-state index < -0.39 is 6.23 Å². The number of allylic oxidation sites excluding steroid dienone is 2. The van der Waals surface area contributed by atoms with Gasteiger partial charge in [-0.05, 0) is 39.5 Å². The van der Waals surface area contributed by atoms with Crippen molar-refractivity contribution in [3.05, 3.63) is 24.6 Å². The zero-order chi connectivity index (χ0) is 18.9. The van der Waals surface area contributed by atoms with Gasteiger partial charge < -0.3 is 15.3 Å². The standard InChI is InChI=1S/C23H44N2O/c1-3-4-5-6-7-8-9-10-11-12-13-14-15-16-17-18-19-23-24-20-21-25(23)22(2)26/h3-4,20-24,26H,5-19H2,1-2H3/b4-3+. The zero-order valence-corrected chi connectivity index (χ0v) is 17.5. The average Bonchev–Trinajstić information content (AvgIpc) is 3.10. The molecule has 26 heavy (non-hydrogen) atoms. The Hall–Kier alpha value is -0.960. The van der Waals surface area contributed by atoms with Crippen LogP contribution in [0, 0.1) is 0 Å². The first kappa shape index (κ1) is 23.1. The highest BCUT2D eigenvalue weighted by Crippen LogP contribution is 2.17. The van der Waals surface area contributed by atoms with E-state index in [-0.39, 0.29) is 6.17 Å². The van der Waals surface area contributed by atoms with Crippen LogP contribution in [0.2, 0.25) is 0 Å². The second-order valence-electron chi connectivity index (χ2n) is 7.82. The Bertz CT molecular complexity index is 365. The number of aliphatic hydroxyl groups excluding tert-OH is 1.